The number of anilines is 3. The number of nitrogens with zero attached hydrogens (tertiary/aromatic N) is 2. The van der Waals surface area contributed by atoms with Gasteiger partial charge in [-0.25, -0.2) is 0 Å². The van der Waals surface area contributed by atoms with Crippen LogP contribution in [0.15, 0.2) is 58.1 Å². The van der Waals surface area contributed by atoms with Crippen LogP contribution in [0.5, 0.6) is 5.75 Å². The average Bonchev–Trinajstić information content (AvgIpc) is 2.73. The van der Waals surface area contributed by atoms with Crippen LogP contribution in [0.25, 0.3) is 0 Å². The van der Waals surface area contributed by atoms with Crippen molar-refractivity contribution in [3.05, 3.63) is 80.4 Å². The molecule has 9 heteroatoms. The molecule has 2 aromatic carbocycles. The molecule has 0 bridgehead atoms. The Morgan fingerprint density at radius 2 is 1.77 bits per heavy atom. The average molecular weight is 409 g/mol. The molecule has 1 amide bonds. The number of carbonyl (C=O) groups excluding carboxylic acids is 1. The molecule has 0 unspecified atom stereocenters. The monoisotopic (exact) mass is 409 g/mol. The van der Waals surface area contributed by atoms with Crippen LogP contribution in [0.3, 0.4) is 0 Å². The third-order valence-corrected chi connectivity index (χ3v) is 4.51. The van der Waals surface area contributed by atoms with Crippen LogP contribution in [0.1, 0.15) is 15.9 Å². The van der Waals surface area contributed by atoms with E-state index in [1.165, 1.54) is 24.1 Å². The summed E-state index contributed by atoms with van der Waals surface area (Å²) in [4.78, 5) is 38.9. The van der Waals surface area contributed by atoms with Gasteiger partial charge in [0.25, 0.3) is 17.0 Å². The minimum atomic E-state index is -0.506. The number of aromatic hydroxyl groups is 1. The molecule has 0 radical (unpaired) electrons. The van der Waals surface area contributed by atoms with Gasteiger partial charge in [0.1, 0.15) is 11.4 Å². The largest absolute Gasteiger partial charge is 0.505 e. The normalized spacial score (nSPS) is 10.5. The van der Waals surface area contributed by atoms with E-state index in [2.05, 4.69) is 15.7 Å². The summed E-state index contributed by atoms with van der Waals surface area (Å²) in [6.45, 7) is 0.316. The van der Waals surface area contributed by atoms with Gasteiger partial charge in [-0.3, -0.25) is 24.2 Å². The quantitative estimate of drug-likeness (QED) is 0.461. The molecule has 30 heavy (non-hydrogen) atoms. The smallest absolute Gasteiger partial charge is 0.290 e. The molecule has 0 spiro atoms. The molecule has 3 aromatic rings. The van der Waals surface area contributed by atoms with E-state index in [0.717, 1.165) is 10.2 Å². The van der Waals surface area contributed by atoms with Crippen molar-refractivity contribution in [2.75, 3.05) is 24.7 Å². The van der Waals surface area contributed by atoms with Crippen LogP contribution in [-0.4, -0.2) is 39.8 Å². The predicted octanol–water partition coefficient (Wildman–Crippen LogP) is 1.84. The van der Waals surface area contributed by atoms with Crippen LogP contribution in [-0.2, 0) is 13.6 Å². The van der Waals surface area contributed by atoms with Gasteiger partial charge in [0, 0.05) is 27.7 Å². The SMILES string of the molecule is CN(C)C(=O)c1cccc(Nc2c(NCc3ccccc3)c(=O)[nH]n(C)c2=O)c1O. The van der Waals surface area contributed by atoms with Crippen LogP contribution in [0, 0.1) is 0 Å². The molecule has 156 valence electrons. The molecule has 0 aliphatic carbocycles. The highest BCUT2D eigenvalue weighted by Crippen LogP contribution is 2.31. The summed E-state index contributed by atoms with van der Waals surface area (Å²) in [6.07, 6.45) is 0. The highest BCUT2D eigenvalue weighted by Gasteiger charge is 2.19. The van der Waals surface area contributed by atoms with Crippen LogP contribution >= 0.6 is 0 Å². The maximum absolute atomic E-state index is 12.7. The van der Waals surface area contributed by atoms with Gasteiger partial charge in [0.15, 0.2) is 5.75 Å². The lowest BCUT2D eigenvalue weighted by molar-refractivity contribution is 0.0824. The fraction of sp³-hybridized carbons (Fsp3) is 0.190. The fourth-order valence-corrected chi connectivity index (χ4v) is 2.91. The molecule has 3 rings (SSSR count). The zero-order valence-electron chi connectivity index (χ0n) is 16.9. The number of phenols is 1. The Morgan fingerprint density at radius 1 is 1.07 bits per heavy atom. The third-order valence-electron chi connectivity index (χ3n) is 4.51. The minimum Gasteiger partial charge on any atom is -0.505 e. The van der Waals surface area contributed by atoms with E-state index < -0.39 is 17.0 Å². The highest BCUT2D eigenvalue weighted by atomic mass is 16.3. The van der Waals surface area contributed by atoms with E-state index in [1.807, 2.05) is 30.3 Å². The number of hydrogen-bond acceptors (Lipinski definition) is 6. The number of aryl methyl sites for hydroxylation is 1. The zero-order valence-corrected chi connectivity index (χ0v) is 16.9. The first-order chi connectivity index (χ1) is 14.3. The Hall–Kier alpha value is -4.01. The number of nitrogens with one attached hydrogen (secondary N) is 3. The topological polar surface area (TPSA) is 119 Å². The van der Waals surface area contributed by atoms with E-state index in [4.69, 9.17) is 0 Å². The highest BCUT2D eigenvalue weighted by molar-refractivity contribution is 5.98. The van der Waals surface area contributed by atoms with Gasteiger partial charge in [0.2, 0.25) is 0 Å². The van der Waals surface area contributed by atoms with Gasteiger partial charge in [-0.05, 0) is 17.7 Å². The molecular formula is C21H23N5O4. The van der Waals surface area contributed by atoms with Crippen molar-refractivity contribution < 1.29 is 9.90 Å². The lowest BCUT2D eigenvalue weighted by Crippen LogP contribution is -2.31. The number of aromatic nitrogens is 2. The van der Waals surface area contributed by atoms with Gasteiger partial charge >= 0.3 is 0 Å². The van der Waals surface area contributed by atoms with Crippen molar-refractivity contribution in [3.63, 3.8) is 0 Å². The van der Waals surface area contributed by atoms with Crippen molar-refractivity contribution in [1.82, 2.24) is 14.7 Å². The molecule has 0 aliphatic heterocycles. The molecule has 0 saturated carbocycles. The fourth-order valence-electron chi connectivity index (χ4n) is 2.91. The molecule has 9 nitrogen and oxygen atoms in total. The first-order valence-corrected chi connectivity index (χ1v) is 9.21. The molecule has 0 aliphatic rings. The molecule has 0 fully saturated rings. The van der Waals surface area contributed by atoms with Gasteiger partial charge in [-0.15, -0.1) is 0 Å². The van der Waals surface area contributed by atoms with E-state index in [1.54, 1.807) is 20.2 Å². The van der Waals surface area contributed by atoms with Crippen molar-refractivity contribution in [1.29, 1.82) is 0 Å². The van der Waals surface area contributed by atoms with Gasteiger partial charge in [-0.2, -0.15) is 0 Å². The Morgan fingerprint density at radius 3 is 2.43 bits per heavy atom. The number of para-hydroxylation sites is 1. The standard InChI is InChI=1S/C21H23N5O4/c1-25(2)20(29)14-10-7-11-15(18(14)27)23-17-16(19(28)24-26(3)21(17)30)22-12-13-8-5-4-6-9-13/h4-11,22-23,27H,12H2,1-3H3,(H,24,28). The van der Waals surface area contributed by atoms with Crippen LogP contribution in [0.2, 0.25) is 0 Å². The first-order valence-electron chi connectivity index (χ1n) is 9.21. The number of rotatable bonds is 6. The Balaban J connectivity index is 2.02. The summed E-state index contributed by atoms with van der Waals surface area (Å²) in [5.41, 5.74) is 0.112. The van der Waals surface area contributed by atoms with E-state index in [0.29, 0.717) is 6.54 Å². The number of benzene rings is 2. The lowest BCUT2D eigenvalue weighted by atomic mass is 10.1. The summed E-state index contributed by atoms with van der Waals surface area (Å²) < 4.78 is 1.05. The lowest BCUT2D eigenvalue weighted by Gasteiger charge is -2.17. The predicted molar refractivity (Wildman–Crippen MR) is 115 cm³/mol. The number of carbonyl (C=O) groups is 1. The number of amides is 1. The van der Waals surface area contributed by atoms with Crippen LogP contribution < -0.4 is 21.8 Å². The second kappa shape index (κ2) is 8.56. The molecular weight excluding hydrogens is 386 g/mol. The summed E-state index contributed by atoms with van der Waals surface area (Å²) >= 11 is 0. The Labute approximate surface area is 172 Å². The number of H-pyrrole nitrogens is 1. The van der Waals surface area contributed by atoms with Gasteiger partial charge < -0.3 is 20.6 Å². The number of phenolic OH excluding ortho intramolecular Hbond substituents is 1. The number of hydrogen-bond donors (Lipinski definition) is 4. The molecule has 1 heterocycles. The van der Waals surface area contributed by atoms with Crippen molar-refractivity contribution in [3.8, 4) is 5.75 Å². The maximum atomic E-state index is 12.7. The van der Waals surface area contributed by atoms with Crippen molar-refractivity contribution >= 4 is 23.0 Å². The van der Waals surface area contributed by atoms with Crippen molar-refractivity contribution in [2.24, 2.45) is 7.05 Å². The molecule has 0 atom stereocenters. The molecule has 4 N–H and O–H groups in total. The maximum Gasteiger partial charge on any atom is 0.290 e. The summed E-state index contributed by atoms with van der Waals surface area (Å²) in [7, 11) is 4.56. The zero-order chi connectivity index (χ0) is 21.8. The second-order valence-electron chi connectivity index (χ2n) is 6.92. The van der Waals surface area contributed by atoms with E-state index in [9.17, 15) is 19.5 Å². The second-order valence-corrected chi connectivity index (χ2v) is 6.92. The Kier molecular flexibility index (Phi) is 5.91. The molecule has 0 saturated heterocycles. The molecule has 1 aromatic heterocycles. The van der Waals surface area contributed by atoms with Crippen LogP contribution in [0.4, 0.5) is 17.1 Å². The summed E-state index contributed by atoms with van der Waals surface area (Å²) in [5.74, 6) is -0.704. The minimum absolute atomic E-state index is 0.0330. The number of aromatic amines is 1. The van der Waals surface area contributed by atoms with Gasteiger partial charge in [-0.1, -0.05) is 36.4 Å². The first kappa shape index (κ1) is 20.7. The summed E-state index contributed by atoms with van der Waals surface area (Å²) in [5, 5.41) is 18.8. The Bertz CT molecular complexity index is 1180. The summed E-state index contributed by atoms with van der Waals surface area (Å²) in [6, 6.07) is 14.0. The van der Waals surface area contributed by atoms with E-state index in [-0.39, 0.29) is 28.4 Å². The van der Waals surface area contributed by atoms with Crippen molar-refractivity contribution in [2.45, 2.75) is 6.54 Å². The third kappa shape index (κ3) is 4.19. The van der Waals surface area contributed by atoms with E-state index >= 15 is 0 Å². The van der Waals surface area contributed by atoms with Gasteiger partial charge in [0.05, 0.1) is 11.3 Å².